The van der Waals surface area contributed by atoms with Crippen molar-refractivity contribution in [1.29, 1.82) is 0 Å². The van der Waals surface area contributed by atoms with Crippen molar-refractivity contribution in [2.24, 2.45) is 5.92 Å². The van der Waals surface area contributed by atoms with Gasteiger partial charge in [-0.2, -0.15) is 0 Å². The summed E-state index contributed by atoms with van der Waals surface area (Å²) in [5.74, 6) is -1.83. The van der Waals surface area contributed by atoms with Crippen LogP contribution in [0.4, 0.5) is 0 Å². The van der Waals surface area contributed by atoms with E-state index in [0.717, 1.165) is 24.0 Å². The standard InChI is InChI=1S/C17H20O4/c1-9(2)11-5-4-10(3)8-13(11)15-14(18)7-6-12(16(15)19)17(20)21/h6-8,11,13,18-19H,1,4-5H2,2-3H3,(H,20,21)/t11-,13+/m0/s1. The van der Waals surface area contributed by atoms with Gasteiger partial charge in [0.25, 0.3) is 0 Å². The van der Waals surface area contributed by atoms with Gasteiger partial charge in [-0.1, -0.05) is 23.8 Å². The van der Waals surface area contributed by atoms with Crippen molar-refractivity contribution in [3.8, 4) is 11.5 Å². The van der Waals surface area contributed by atoms with Crippen molar-refractivity contribution >= 4 is 5.97 Å². The van der Waals surface area contributed by atoms with Crippen molar-refractivity contribution < 1.29 is 20.1 Å². The van der Waals surface area contributed by atoms with Gasteiger partial charge in [0, 0.05) is 11.5 Å². The zero-order valence-electron chi connectivity index (χ0n) is 12.3. The molecule has 1 aromatic rings. The minimum absolute atomic E-state index is 0.0783. The fraction of sp³-hybridized carbons (Fsp3) is 0.353. The summed E-state index contributed by atoms with van der Waals surface area (Å²) in [6.45, 7) is 7.90. The number of hydrogen-bond acceptors (Lipinski definition) is 3. The maximum absolute atomic E-state index is 11.2. The molecular formula is C17H20O4. The minimum atomic E-state index is -1.21. The molecule has 112 valence electrons. The second-order valence-electron chi connectivity index (χ2n) is 5.73. The summed E-state index contributed by atoms with van der Waals surface area (Å²) < 4.78 is 0. The van der Waals surface area contributed by atoms with Crippen molar-refractivity contribution in [3.05, 3.63) is 47.1 Å². The molecule has 0 fully saturated rings. The van der Waals surface area contributed by atoms with Crippen molar-refractivity contribution in [3.63, 3.8) is 0 Å². The molecule has 0 radical (unpaired) electrons. The van der Waals surface area contributed by atoms with E-state index in [2.05, 4.69) is 6.58 Å². The van der Waals surface area contributed by atoms with Crippen molar-refractivity contribution in [1.82, 2.24) is 0 Å². The first-order valence-electron chi connectivity index (χ1n) is 6.93. The van der Waals surface area contributed by atoms with Crippen LogP contribution >= 0.6 is 0 Å². The number of carboxylic acids is 1. The highest BCUT2D eigenvalue weighted by Crippen LogP contribution is 2.46. The Labute approximate surface area is 124 Å². The SMILES string of the molecule is C=C(C)[C@@H]1CCC(C)=C[C@H]1c1c(O)ccc(C(=O)O)c1O. The van der Waals surface area contributed by atoms with E-state index in [1.165, 1.54) is 12.1 Å². The lowest BCUT2D eigenvalue weighted by atomic mass is 9.73. The van der Waals surface area contributed by atoms with Gasteiger partial charge in [0.15, 0.2) is 0 Å². The molecule has 4 nitrogen and oxygen atoms in total. The van der Waals surface area contributed by atoms with Gasteiger partial charge in [-0.3, -0.25) is 0 Å². The Morgan fingerprint density at radius 3 is 2.57 bits per heavy atom. The van der Waals surface area contributed by atoms with Gasteiger partial charge >= 0.3 is 5.97 Å². The fourth-order valence-corrected chi connectivity index (χ4v) is 3.00. The van der Waals surface area contributed by atoms with Gasteiger partial charge in [0.05, 0.1) is 0 Å². The highest BCUT2D eigenvalue weighted by molar-refractivity contribution is 5.92. The van der Waals surface area contributed by atoms with E-state index in [0.29, 0.717) is 0 Å². The van der Waals surface area contributed by atoms with Crippen LogP contribution in [0.2, 0.25) is 0 Å². The number of hydrogen-bond donors (Lipinski definition) is 3. The number of carbonyl (C=O) groups is 1. The molecule has 1 aliphatic rings. The monoisotopic (exact) mass is 288 g/mol. The van der Waals surface area contributed by atoms with Gasteiger partial charge in [-0.25, -0.2) is 4.79 Å². The molecule has 0 bridgehead atoms. The van der Waals surface area contributed by atoms with Crippen molar-refractivity contribution in [2.45, 2.75) is 32.6 Å². The maximum atomic E-state index is 11.2. The molecule has 0 saturated carbocycles. The normalized spacial score (nSPS) is 21.7. The van der Waals surface area contributed by atoms with E-state index in [9.17, 15) is 15.0 Å². The molecule has 2 rings (SSSR count). The van der Waals surface area contributed by atoms with E-state index in [4.69, 9.17) is 5.11 Å². The average molecular weight is 288 g/mol. The summed E-state index contributed by atoms with van der Waals surface area (Å²) in [5.41, 5.74) is 2.21. The largest absolute Gasteiger partial charge is 0.508 e. The molecule has 2 atom stereocenters. The van der Waals surface area contributed by atoms with Crippen LogP contribution in [0.25, 0.3) is 0 Å². The van der Waals surface area contributed by atoms with Crippen LogP contribution in [-0.4, -0.2) is 21.3 Å². The number of carboxylic acid groups (broad SMARTS) is 1. The lowest BCUT2D eigenvalue weighted by molar-refractivity contribution is 0.0693. The summed E-state index contributed by atoms with van der Waals surface area (Å²) in [5, 5.41) is 29.5. The van der Waals surface area contributed by atoms with Crippen LogP contribution in [0.5, 0.6) is 11.5 Å². The molecule has 1 aromatic carbocycles. The van der Waals surface area contributed by atoms with Crippen molar-refractivity contribution in [2.75, 3.05) is 0 Å². The van der Waals surface area contributed by atoms with Crippen LogP contribution in [-0.2, 0) is 0 Å². The Hall–Kier alpha value is -2.23. The van der Waals surface area contributed by atoms with Gasteiger partial charge < -0.3 is 15.3 Å². The third kappa shape index (κ3) is 2.79. The third-order valence-electron chi connectivity index (χ3n) is 4.14. The third-order valence-corrected chi connectivity index (χ3v) is 4.14. The zero-order chi connectivity index (χ0) is 15.7. The number of benzene rings is 1. The number of phenols is 2. The maximum Gasteiger partial charge on any atom is 0.339 e. The molecule has 0 unspecified atom stereocenters. The molecular weight excluding hydrogens is 268 g/mol. The molecule has 21 heavy (non-hydrogen) atoms. The molecule has 1 aliphatic carbocycles. The van der Waals surface area contributed by atoms with E-state index >= 15 is 0 Å². The van der Waals surface area contributed by atoms with Crippen LogP contribution in [0.1, 0.15) is 48.5 Å². The molecule has 3 N–H and O–H groups in total. The number of allylic oxidation sites excluding steroid dienone is 3. The predicted molar refractivity (Wildman–Crippen MR) is 80.8 cm³/mol. The Morgan fingerprint density at radius 1 is 1.33 bits per heavy atom. The van der Waals surface area contributed by atoms with E-state index in [-0.39, 0.29) is 34.5 Å². The van der Waals surface area contributed by atoms with E-state index in [1.807, 2.05) is 19.9 Å². The van der Waals surface area contributed by atoms with Gasteiger partial charge in [0.2, 0.25) is 0 Å². The predicted octanol–water partition coefficient (Wildman–Crippen LogP) is 3.81. The van der Waals surface area contributed by atoms with Gasteiger partial charge in [-0.15, -0.1) is 0 Å². The Bertz CT molecular complexity index is 628. The van der Waals surface area contributed by atoms with Gasteiger partial charge in [0.1, 0.15) is 17.1 Å². The molecule has 4 heteroatoms. The smallest absolute Gasteiger partial charge is 0.339 e. The molecule has 0 saturated heterocycles. The number of phenolic OH excluding ortho intramolecular Hbond substituents is 1. The Kier molecular flexibility index (Phi) is 4.07. The summed E-state index contributed by atoms with van der Waals surface area (Å²) in [7, 11) is 0. The number of rotatable bonds is 3. The van der Waals surface area contributed by atoms with Crippen LogP contribution in [0, 0.1) is 5.92 Å². The zero-order valence-corrected chi connectivity index (χ0v) is 12.3. The average Bonchev–Trinajstić information content (AvgIpc) is 2.38. The summed E-state index contributed by atoms with van der Waals surface area (Å²) >= 11 is 0. The fourth-order valence-electron chi connectivity index (χ4n) is 3.00. The quantitative estimate of drug-likeness (QED) is 0.739. The topological polar surface area (TPSA) is 77.8 Å². The Balaban J connectivity index is 2.62. The van der Waals surface area contributed by atoms with E-state index < -0.39 is 5.97 Å². The van der Waals surface area contributed by atoms with Crippen LogP contribution in [0.15, 0.2) is 35.9 Å². The molecule has 0 amide bonds. The van der Waals surface area contributed by atoms with Gasteiger partial charge in [-0.05, 0) is 44.7 Å². The second kappa shape index (κ2) is 5.64. The number of aromatic carboxylic acids is 1. The second-order valence-corrected chi connectivity index (χ2v) is 5.73. The highest BCUT2D eigenvalue weighted by atomic mass is 16.4. The molecule has 0 heterocycles. The summed E-state index contributed by atoms with van der Waals surface area (Å²) in [6, 6.07) is 2.54. The molecule has 0 aliphatic heterocycles. The molecule has 0 aromatic heterocycles. The highest BCUT2D eigenvalue weighted by Gasteiger charge is 2.31. The first kappa shape index (κ1) is 15.2. The van der Waals surface area contributed by atoms with Crippen LogP contribution in [0.3, 0.4) is 0 Å². The van der Waals surface area contributed by atoms with E-state index in [1.54, 1.807) is 0 Å². The lowest BCUT2D eigenvalue weighted by Crippen LogP contribution is -2.17. The first-order valence-corrected chi connectivity index (χ1v) is 6.93. The first-order chi connectivity index (χ1) is 9.82. The number of aromatic hydroxyl groups is 2. The Morgan fingerprint density at radius 2 is 2.00 bits per heavy atom. The summed E-state index contributed by atoms with van der Waals surface area (Å²) in [4.78, 5) is 11.2. The molecule has 0 spiro atoms. The lowest BCUT2D eigenvalue weighted by Gasteiger charge is -2.31. The van der Waals surface area contributed by atoms with Crippen LogP contribution < -0.4 is 0 Å². The minimum Gasteiger partial charge on any atom is -0.508 e. The summed E-state index contributed by atoms with van der Waals surface area (Å²) in [6.07, 6.45) is 3.80.